The molecule has 1 aromatic carbocycles. The van der Waals surface area contributed by atoms with Crippen LogP contribution < -0.4 is 0 Å². The predicted molar refractivity (Wildman–Crippen MR) is 70.3 cm³/mol. The van der Waals surface area contributed by atoms with Crippen LogP contribution >= 0.6 is 27.5 Å². The molecule has 0 radical (unpaired) electrons. The molecule has 0 saturated carbocycles. The first-order valence-electron chi connectivity index (χ1n) is 5.05. The maximum Gasteiger partial charge on any atom is 0.0638 e. The summed E-state index contributed by atoms with van der Waals surface area (Å²) in [5, 5.41) is 9.39. The zero-order valence-electron chi connectivity index (χ0n) is 9.37. The number of hydrogen-bond donors (Lipinski definition) is 0. The van der Waals surface area contributed by atoms with Crippen molar-refractivity contribution in [1.29, 1.82) is 5.26 Å². The van der Waals surface area contributed by atoms with Gasteiger partial charge < -0.3 is 0 Å². The molecule has 0 heterocycles. The van der Waals surface area contributed by atoms with Gasteiger partial charge in [0.1, 0.15) is 0 Å². The van der Waals surface area contributed by atoms with Gasteiger partial charge in [0.2, 0.25) is 0 Å². The Hall–Kier alpha value is -0.560. The Kier molecular flexibility index (Phi) is 5.27. The van der Waals surface area contributed by atoms with E-state index in [1.54, 1.807) is 0 Å². The van der Waals surface area contributed by atoms with Crippen molar-refractivity contribution in [2.24, 2.45) is 0 Å². The van der Waals surface area contributed by atoms with E-state index in [1.807, 2.05) is 32.2 Å². The van der Waals surface area contributed by atoms with E-state index >= 15 is 0 Å². The van der Waals surface area contributed by atoms with E-state index in [2.05, 4.69) is 26.9 Å². The lowest BCUT2D eigenvalue weighted by molar-refractivity contribution is 0.252. The van der Waals surface area contributed by atoms with Crippen LogP contribution in [0.4, 0.5) is 0 Å². The quantitative estimate of drug-likeness (QED) is 0.845. The molecule has 0 spiro atoms. The van der Waals surface area contributed by atoms with Crippen LogP contribution in [0.1, 0.15) is 18.9 Å². The van der Waals surface area contributed by atoms with Gasteiger partial charge in [-0.2, -0.15) is 5.26 Å². The maximum atomic E-state index is 8.63. The Morgan fingerprint density at radius 2 is 2.25 bits per heavy atom. The van der Waals surface area contributed by atoms with Crippen LogP contribution in [0, 0.1) is 11.3 Å². The van der Waals surface area contributed by atoms with E-state index in [-0.39, 0.29) is 6.04 Å². The molecule has 0 aliphatic rings. The van der Waals surface area contributed by atoms with Crippen LogP contribution in [-0.4, -0.2) is 18.0 Å². The first-order chi connectivity index (χ1) is 7.54. The monoisotopic (exact) mass is 300 g/mol. The molecular formula is C12H14BrClN2. The fourth-order valence-corrected chi connectivity index (χ4v) is 2.10. The number of nitriles is 1. The standard InChI is InChI=1S/C12H14BrClN2/c1-9(5-6-15)16(2)8-10-3-4-11(13)7-12(10)14/h3-4,7,9H,5,8H2,1-2H3. The van der Waals surface area contributed by atoms with Crippen molar-refractivity contribution in [2.45, 2.75) is 25.9 Å². The second kappa shape index (κ2) is 6.24. The molecule has 0 bridgehead atoms. The largest absolute Gasteiger partial charge is 0.298 e. The number of halogens is 2. The van der Waals surface area contributed by atoms with Crippen molar-refractivity contribution in [1.82, 2.24) is 4.90 Å². The van der Waals surface area contributed by atoms with Crippen LogP contribution in [0.5, 0.6) is 0 Å². The van der Waals surface area contributed by atoms with E-state index in [4.69, 9.17) is 16.9 Å². The Morgan fingerprint density at radius 1 is 1.56 bits per heavy atom. The highest BCUT2D eigenvalue weighted by Gasteiger charge is 2.10. The van der Waals surface area contributed by atoms with Crippen molar-refractivity contribution in [3.63, 3.8) is 0 Å². The van der Waals surface area contributed by atoms with Gasteiger partial charge in [-0.25, -0.2) is 0 Å². The summed E-state index contributed by atoms with van der Waals surface area (Å²) in [5.74, 6) is 0. The molecule has 16 heavy (non-hydrogen) atoms. The van der Waals surface area contributed by atoms with Crippen molar-refractivity contribution < 1.29 is 0 Å². The molecule has 0 saturated heterocycles. The zero-order chi connectivity index (χ0) is 12.1. The Bertz CT molecular complexity index is 400. The maximum absolute atomic E-state index is 8.63. The molecule has 1 rings (SSSR count). The highest BCUT2D eigenvalue weighted by Crippen LogP contribution is 2.22. The van der Waals surface area contributed by atoms with Crippen molar-refractivity contribution in [3.8, 4) is 6.07 Å². The SMILES string of the molecule is CC(CC#N)N(C)Cc1ccc(Br)cc1Cl. The van der Waals surface area contributed by atoms with Crippen LogP contribution in [0.2, 0.25) is 5.02 Å². The summed E-state index contributed by atoms with van der Waals surface area (Å²) in [7, 11) is 2.00. The lowest BCUT2D eigenvalue weighted by Crippen LogP contribution is -2.28. The minimum Gasteiger partial charge on any atom is -0.298 e. The minimum atomic E-state index is 0.240. The molecule has 86 valence electrons. The summed E-state index contributed by atoms with van der Waals surface area (Å²) >= 11 is 9.51. The highest BCUT2D eigenvalue weighted by atomic mass is 79.9. The van der Waals surface area contributed by atoms with Crippen molar-refractivity contribution in [3.05, 3.63) is 33.3 Å². The molecule has 2 nitrogen and oxygen atoms in total. The van der Waals surface area contributed by atoms with Gasteiger partial charge in [0.05, 0.1) is 12.5 Å². The van der Waals surface area contributed by atoms with Gasteiger partial charge in [0, 0.05) is 22.1 Å². The lowest BCUT2D eigenvalue weighted by atomic mass is 10.1. The van der Waals surface area contributed by atoms with E-state index in [1.165, 1.54) is 0 Å². The predicted octanol–water partition coefficient (Wildman–Crippen LogP) is 3.84. The average Bonchev–Trinajstić information content (AvgIpc) is 2.22. The second-order valence-electron chi connectivity index (χ2n) is 3.86. The number of hydrogen-bond acceptors (Lipinski definition) is 2. The summed E-state index contributed by atoms with van der Waals surface area (Å²) in [5.41, 5.74) is 1.08. The molecule has 1 atom stereocenters. The van der Waals surface area contributed by atoms with Gasteiger partial charge in [0.25, 0.3) is 0 Å². The van der Waals surface area contributed by atoms with Crippen molar-refractivity contribution in [2.75, 3.05) is 7.05 Å². The third kappa shape index (κ3) is 3.79. The van der Waals surface area contributed by atoms with Crippen LogP contribution in [0.15, 0.2) is 22.7 Å². The van der Waals surface area contributed by atoms with E-state index in [0.29, 0.717) is 6.42 Å². The molecule has 0 N–H and O–H groups in total. The van der Waals surface area contributed by atoms with Gasteiger partial charge in [-0.05, 0) is 31.7 Å². The average molecular weight is 302 g/mol. The highest BCUT2D eigenvalue weighted by molar-refractivity contribution is 9.10. The number of rotatable bonds is 4. The van der Waals surface area contributed by atoms with Gasteiger partial charge in [-0.1, -0.05) is 33.6 Å². The van der Waals surface area contributed by atoms with Crippen LogP contribution in [-0.2, 0) is 6.54 Å². The molecular weight excluding hydrogens is 288 g/mol. The normalized spacial score (nSPS) is 12.5. The third-order valence-corrected chi connectivity index (χ3v) is 3.42. The Morgan fingerprint density at radius 3 is 2.81 bits per heavy atom. The van der Waals surface area contributed by atoms with Crippen LogP contribution in [0.3, 0.4) is 0 Å². The fourth-order valence-electron chi connectivity index (χ4n) is 1.36. The molecule has 0 aliphatic heterocycles. The number of nitrogens with zero attached hydrogens (tertiary/aromatic N) is 2. The summed E-state index contributed by atoms with van der Waals surface area (Å²) in [6.07, 6.45) is 0.532. The topological polar surface area (TPSA) is 27.0 Å². The van der Waals surface area contributed by atoms with E-state index < -0.39 is 0 Å². The first kappa shape index (κ1) is 13.5. The summed E-state index contributed by atoms with van der Waals surface area (Å²) in [6, 6.07) is 8.28. The zero-order valence-corrected chi connectivity index (χ0v) is 11.7. The Balaban J connectivity index is 2.70. The number of benzene rings is 1. The summed E-state index contributed by atoms with van der Waals surface area (Å²) in [4.78, 5) is 2.12. The van der Waals surface area contributed by atoms with Crippen LogP contribution in [0.25, 0.3) is 0 Å². The van der Waals surface area contributed by atoms with E-state index in [0.717, 1.165) is 21.6 Å². The van der Waals surface area contributed by atoms with Gasteiger partial charge in [-0.3, -0.25) is 4.90 Å². The second-order valence-corrected chi connectivity index (χ2v) is 5.18. The summed E-state index contributed by atoms with van der Waals surface area (Å²) < 4.78 is 0.981. The lowest BCUT2D eigenvalue weighted by Gasteiger charge is -2.23. The molecule has 0 aromatic heterocycles. The van der Waals surface area contributed by atoms with Gasteiger partial charge in [-0.15, -0.1) is 0 Å². The first-order valence-corrected chi connectivity index (χ1v) is 6.22. The van der Waals surface area contributed by atoms with E-state index in [9.17, 15) is 0 Å². The molecule has 1 unspecified atom stereocenters. The molecule has 0 aliphatic carbocycles. The minimum absolute atomic E-state index is 0.240. The molecule has 0 amide bonds. The molecule has 4 heteroatoms. The smallest absolute Gasteiger partial charge is 0.0638 e. The molecule has 0 fully saturated rings. The van der Waals surface area contributed by atoms with Gasteiger partial charge >= 0.3 is 0 Å². The van der Waals surface area contributed by atoms with Crippen molar-refractivity contribution >= 4 is 27.5 Å². The van der Waals surface area contributed by atoms with Gasteiger partial charge in [0.15, 0.2) is 0 Å². The summed E-state index contributed by atoms with van der Waals surface area (Å²) in [6.45, 7) is 2.80. The third-order valence-electron chi connectivity index (χ3n) is 2.57. The fraction of sp³-hybridized carbons (Fsp3) is 0.417. The Labute approximate surface area is 110 Å². The molecule has 1 aromatic rings.